The van der Waals surface area contributed by atoms with E-state index in [1.165, 1.54) is 11.3 Å². The second kappa shape index (κ2) is 7.81. The zero-order valence-corrected chi connectivity index (χ0v) is 18.2. The topological polar surface area (TPSA) is 75.6 Å². The van der Waals surface area contributed by atoms with Crippen molar-refractivity contribution in [3.05, 3.63) is 64.3 Å². The standard InChI is InChI=1S/C24H22FNO4S/c1-4-24(14-7-9-15(10-8-14)30-5-2)21(28)18-17(12-31-22(18)26-23(24)29)16-11-6-13(3)19(25)20(16)27/h6-12,27H,4-5H2,1-3H3,(H,26,29). The number of hydrogen-bond acceptors (Lipinski definition) is 5. The van der Waals surface area contributed by atoms with Gasteiger partial charge in [0.2, 0.25) is 5.91 Å². The molecule has 0 spiro atoms. The number of Topliss-reactive ketones (excluding diaryl/α,β-unsaturated/α-hetero) is 1. The lowest BCUT2D eigenvalue weighted by molar-refractivity contribution is -0.120. The number of ether oxygens (including phenoxy) is 1. The van der Waals surface area contributed by atoms with Gasteiger partial charge in [0.1, 0.15) is 16.2 Å². The van der Waals surface area contributed by atoms with Gasteiger partial charge < -0.3 is 15.2 Å². The normalized spacial score (nSPS) is 17.9. The molecule has 5 nitrogen and oxygen atoms in total. The number of ketones is 1. The number of hydrogen-bond donors (Lipinski definition) is 2. The van der Waals surface area contributed by atoms with Crippen LogP contribution in [0.4, 0.5) is 9.39 Å². The van der Waals surface area contributed by atoms with Crippen molar-refractivity contribution in [3.63, 3.8) is 0 Å². The average Bonchev–Trinajstić information content (AvgIpc) is 3.17. The Morgan fingerprint density at radius 2 is 1.81 bits per heavy atom. The Morgan fingerprint density at radius 1 is 1.10 bits per heavy atom. The third-order valence-electron chi connectivity index (χ3n) is 5.81. The number of halogens is 1. The smallest absolute Gasteiger partial charge is 0.243 e. The molecule has 0 saturated heterocycles. The summed E-state index contributed by atoms with van der Waals surface area (Å²) in [5, 5.41) is 15.3. The van der Waals surface area contributed by atoms with E-state index < -0.39 is 22.9 Å². The number of carbonyl (C=O) groups excluding carboxylic acids is 2. The molecule has 1 aliphatic heterocycles. The predicted molar refractivity (Wildman–Crippen MR) is 119 cm³/mol. The summed E-state index contributed by atoms with van der Waals surface area (Å²) < 4.78 is 19.8. The molecule has 1 amide bonds. The van der Waals surface area contributed by atoms with Crippen molar-refractivity contribution >= 4 is 28.0 Å². The van der Waals surface area contributed by atoms with Gasteiger partial charge in [0.05, 0.1) is 12.2 Å². The third kappa shape index (κ3) is 3.11. The van der Waals surface area contributed by atoms with Gasteiger partial charge in [-0.25, -0.2) is 4.39 Å². The van der Waals surface area contributed by atoms with E-state index in [1.54, 1.807) is 55.6 Å². The highest BCUT2D eigenvalue weighted by Crippen LogP contribution is 2.48. The number of fused-ring (bicyclic) bond motifs is 1. The van der Waals surface area contributed by atoms with Crippen LogP contribution in [0.2, 0.25) is 0 Å². The molecule has 7 heteroatoms. The van der Waals surface area contributed by atoms with Gasteiger partial charge in [-0.1, -0.05) is 31.2 Å². The number of phenols is 1. The molecule has 1 atom stereocenters. The Kier molecular flexibility index (Phi) is 5.31. The molecule has 0 saturated carbocycles. The molecular formula is C24H22FNO4S. The first-order valence-corrected chi connectivity index (χ1v) is 10.9. The van der Waals surface area contributed by atoms with E-state index in [0.717, 1.165) is 0 Å². The minimum absolute atomic E-state index is 0.224. The summed E-state index contributed by atoms with van der Waals surface area (Å²) in [5.41, 5.74) is 0.364. The second-order valence-corrected chi connectivity index (χ2v) is 8.33. The first-order valence-electron chi connectivity index (χ1n) is 10.0. The zero-order valence-electron chi connectivity index (χ0n) is 17.4. The number of aryl methyl sites for hydroxylation is 1. The Bertz CT molecular complexity index is 1190. The number of amides is 1. The van der Waals surface area contributed by atoms with Crippen molar-refractivity contribution in [2.45, 2.75) is 32.6 Å². The highest BCUT2D eigenvalue weighted by atomic mass is 32.1. The van der Waals surface area contributed by atoms with Crippen LogP contribution < -0.4 is 10.1 Å². The van der Waals surface area contributed by atoms with Crippen LogP contribution in [0.1, 0.15) is 41.8 Å². The molecule has 1 aliphatic rings. The molecule has 2 N–H and O–H groups in total. The van der Waals surface area contributed by atoms with E-state index in [4.69, 9.17) is 4.74 Å². The molecule has 160 valence electrons. The first kappa shape index (κ1) is 21.1. The van der Waals surface area contributed by atoms with Crippen LogP contribution in [0.25, 0.3) is 11.1 Å². The lowest BCUT2D eigenvalue weighted by atomic mass is 9.69. The molecular weight excluding hydrogens is 417 g/mol. The van der Waals surface area contributed by atoms with Gasteiger partial charge in [-0.2, -0.15) is 0 Å². The second-order valence-electron chi connectivity index (χ2n) is 7.45. The molecule has 1 unspecified atom stereocenters. The molecule has 2 aromatic carbocycles. The van der Waals surface area contributed by atoms with Crippen molar-refractivity contribution in [2.75, 3.05) is 11.9 Å². The van der Waals surface area contributed by atoms with E-state index >= 15 is 0 Å². The summed E-state index contributed by atoms with van der Waals surface area (Å²) in [5.74, 6) is -1.34. The van der Waals surface area contributed by atoms with E-state index in [2.05, 4.69) is 5.32 Å². The summed E-state index contributed by atoms with van der Waals surface area (Å²) in [6, 6.07) is 10.1. The van der Waals surface area contributed by atoms with Crippen molar-refractivity contribution < 1.29 is 23.8 Å². The van der Waals surface area contributed by atoms with Gasteiger partial charge in [0.25, 0.3) is 0 Å². The molecule has 1 aromatic heterocycles. The number of benzene rings is 2. The van der Waals surface area contributed by atoms with Gasteiger partial charge >= 0.3 is 0 Å². The predicted octanol–water partition coefficient (Wildman–Crippen LogP) is 5.45. The maximum atomic E-state index is 14.3. The van der Waals surface area contributed by atoms with Crippen LogP contribution >= 0.6 is 11.3 Å². The monoisotopic (exact) mass is 439 g/mol. The number of carbonyl (C=O) groups is 2. The number of phenolic OH excluding ortho intramolecular Hbond substituents is 1. The Hall–Kier alpha value is -3.19. The molecule has 0 fully saturated rings. The number of thiophene rings is 1. The number of rotatable bonds is 5. The van der Waals surface area contributed by atoms with Crippen molar-refractivity contribution in [3.8, 4) is 22.6 Å². The Balaban J connectivity index is 1.87. The van der Waals surface area contributed by atoms with Crippen molar-refractivity contribution in [1.29, 1.82) is 0 Å². The van der Waals surface area contributed by atoms with Crippen molar-refractivity contribution in [1.82, 2.24) is 0 Å². The molecule has 0 aliphatic carbocycles. The van der Waals surface area contributed by atoms with Gasteiger partial charge in [-0.15, -0.1) is 11.3 Å². The van der Waals surface area contributed by atoms with Gasteiger partial charge in [0.15, 0.2) is 17.3 Å². The summed E-state index contributed by atoms with van der Waals surface area (Å²) in [6.07, 6.45) is 0.245. The Morgan fingerprint density at radius 3 is 2.45 bits per heavy atom. The molecule has 3 aromatic rings. The van der Waals surface area contributed by atoms with Crippen LogP contribution in [0.3, 0.4) is 0 Å². The van der Waals surface area contributed by atoms with Crippen molar-refractivity contribution in [2.24, 2.45) is 0 Å². The summed E-state index contributed by atoms with van der Waals surface area (Å²) >= 11 is 1.18. The average molecular weight is 440 g/mol. The third-order valence-corrected chi connectivity index (χ3v) is 6.70. The zero-order chi connectivity index (χ0) is 22.3. The molecule has 2 heterocycles. The van der Waals surface area contributed by atoms with Crippen LogP contribution in [-0.2, 0) is 10.2 Å². The Labute approximate surface area is 183 Å². The quantitative estimate of drug-likeness (QED) is 0.519. The largest absolute Gasteiger partial charge is 0.504 e. The van der Waals surface area contributed by atoms with Gasteiger partial charge in [-0.3, -0.25) is 9.59 Å². The van der Waals surface area contributed by atoms with Crippen LogP contribution in [-0.4, -0.2) is 23.4 Å². The molecule has 0 bridgehead atoms. The minimum Gasteiger partial charge on any atom is -0.504 e. The fourth-order valence-corrected chi connectivity index (χ4v) is 5.03. The van der Waals surface area contributed by atoms with E-state index in [0.29, 0.717) is 39.6 Å². The highest BCUT2D eigenvalue weighted by Gasteiger charge is 2.51. The lowest BCUT2D eigenvalue weighted by Crippen LogP contribution is -2.50. The summed E-state index contributed by atoms with van der Waals surface area (Å²) in [4.78, 5) is 27.0. The van der Waals surface area contributed by atoms with E-state index in [1.807, 2.05) is 6.92 Å². The van der Waals surface area contributed by atoms with Crippen LogP contribution in [0.5, 0.6) is 11.5 Å². The van der Waals surface area contributed by atoms with Crippen LogP contribution in [0, 0.1) is 12.7 Å². The van der Waals surface area contributed by atoms with Crippen LogP contribution in [0.15, 0.2) is 41.8 Å². The fraction of sp³-hybridized carbons (Fsp3) is 0.250. The molecule has 0 radical (unpaired) electrons. The molecule has 4 rings (SSSR count). The highest BCUT2D eigenvalue weighted by molar-refractivity contribution is 7.15. The summed E-state index contributed by atoms with van der Waals surface area (Å²) in [7, 11) is 0. The maximum Gasteiger partial charge on any atom is 0.243 e. The first-order chi connectivity index (χ1) is 14.8. The number of nitrogens with one attached hydrogen (secondary N) is 1. The lowest BCUT2D eigenvalue weighted by Gasteiger charge is -2.34. The minimum atomic E-state index is -1.42. The number of aromatic hydroxyl groups is 1. The van der Waals surface area contributed by atoms with E-state index in [9.17, 15) is 19.1 Å². The van der Waals surface area contributed by atoms with E-state index in [-0.39, 0.29) is 17.8 Å². The fourth-order valence-electron chi connectivity index (χ4n) is 4.07. The number of anilines is 1. The van der Waals surface area contributed by atoms with Gasteiger partial charge in [0, 0.05) is 16.5 Å². The summed E-state index contributed by atoms with van der Waals surface area (Å²) in [6.45, 7) is 5.73. The SMILES string of the molecule is CCOc1ccc(C2(CC)C(=O)Nc3scc(-c4ccc(C)c(F)c4O)c3C2=O)cc1. The molecule has 31 heavy (non-hydrogen) atoms. The maximum absolute atomic E-state index is 14.3. The van der Waals surface area contributed by atoms with Gasteiger partial charge in [-0.05, 0) is 43.5 Å².